The number of rotatable bonds is 4. The first-order valence-electron chi connectivity index (χ1n) is 5.27. The molecule has 1 heterocycles. The van der Waals surface area contributed by atoms with Crippen molar-refractivity contribution < 1.29 is 14.4 Å². The van der Waals surface area contributed by atoms with Crippen molar-refractivity contribution in [1.82, 2.24) is 4.90 Å². The highest BCUT2D eigenvalue weighted by Crippen LogP contribution is 2.26. The Kier molecular flexibility index (Phi) is 3.61. The molecule has 0 bridgehead atoms. The van der Waals surface area contributed by atoms with Crippen LogP contribution in [0.2, 0.25) is 0 Å². The van der Waals surface area contributed by atoms with Gasteiger partial charge >= 0.3 is 0 Å². The first-order valence-corrected chi connectivity index (χ1v) is 5.27. The van der Waals surface area contributed by atoms with Crippen LogP contribution in [0.5, 0.6) is 0 Å². The smallest absolute Gasteiger partial charge is 0.233 e. The summed E-state index contributed by atoms with van der Waals surface area (Å²) in [4.78, 5) is 35.3. The Balaban J connectivity index is 2.63. The summed E-state index contributed by atoms with van der Waals surface area (Å²) in [5.41, 5.74) is 0. The molecule has 0 N–H and O–H groups in total. The van der Waals surface area contributed by atoms with Gasteiger partial charge in [-0.15, -0.1) is 0 Å². The molecule has 1 aliphatic rings. The molecule has 15 heavy (non-hydrogen) atoms. The molecule has 0 spiro atoms. The van der Waals surface area contributed by atoms with Crippen molar-refractivity contribution in [1.29, 1.82) is 0 Å². The van der Waals surface area contributed by atoms with E-state index in [1.807, 2.05) is 13.8 Å². The van der Waals surface area contributed by atoms with E-state index in [4.69, 9.17) is 0 Å². The third-order valence-electron chi connectivity index (χ3n) is 2.77. The second-order valence-corrected chi connectivity index (χ2v) is 4.39. The third kappa shape index (κ3) is 2.64. The fourth-order valence-electron chi connectivity index (χ4n) is 1.73. The van der Waals surface area contributed by atoms with E-state index in [2.05, 4.69) is 0 Å². The number of ketones is 1. The SMILES string of the molecule is CC(=O)CCN1C(=O)CC(C(C)C)C1=O. The lowest BCUT2D eigenvalue weighted by Crippen LogP contribution is -2.33. The van der Waals surface area contributed by atoms with Crippen LogP contribution in [-0.4, -0.2) is 29.0 Å². The first kappa shape index (κ1) is 11.9. The Morgan fingerprint density at radius 1 is 1.47 bits per heavy atom. The van der Waals surface area contributed by atoms with Gasteiger partial charge in [0.1, 0.15) is 5.78 Å². The molecular formula is C11H17NO3. The standard InChI is InChI=1S/C11H17NO3/c1-7(2)9-6-10(14)12(11(9)15)5-4-8(3)13/h7,9H,4-6H2,1-3H3. The Morgan fingerprint density at radius 3 is 2.47 bits per heavy atom. The molecular weight excluding hydrogens is 194 g/mol. The third-order valence-corrected chi connectivity index (χ3v) is 2.77. The minimum atomic E-state index is -0.190. The van der Waals surface area contributed by atoms with E-state index in [0.29, 0.717) is 6.42 Å². The molecule has 0 radical (unpaired) electrons. The fourth-order valence-corrected chi connectivity index (χ4v) is 1.73. The number of carbonyl (C=O) groups is 3. The lowest BCUT2D eigenvalue weighted by Gasteiger charge is -2.15. The highest BCUT2D eigenvalue weighted by atomic mass is 16.2. The molecule has 1 aliphatic heterocycles. The molecule has 0 saturated carbocycles. The average Bonchev–Trinajstić information content (AvgIpc) is 2.39. The molecule has 84 valence electrons. The van der Waals surface area contributed by atoms with E-state index >= 15 is 0 Å². The molecule has 1 saturated heterocycles. The molecule has 4 nitrogen and oxygen atoms in total. The Labute approximate surface area is 89.6 Å². The van der Waals surface area contributed by atoms with Crippen molar-refractivity contribution in [2.24, 2.45) is 11.8 Å². The number of likely N-dealkylation sites (tertiary alicyclic amines) is 1. The average molecular weight is 211 g/mol. The lowest BCUT2D eigenvalue weighted by molar-refractivity contribution is -0.139. The van der Waals surface area contributed by atoms with Crippen LogP contribution in [0.15, 0.2) is 0 Å². The van der Waals surface area contributed by atoms with E-state index < -0.39 is 0 Å². The van der Waals surface area contributed by atoms with Crippen LogP contribution in [0.3, 0.4) is 0 Å². The highest BCUT2D eigenvalue weighted by Gasteiger charge is 2.39. The molecule has 4 heteroatoms. The summed E-state index contributed by atoms with van der Waals surface area (Å²) < 4.78 is 0. The second kappa shape index (κ2) is 4.55. The van der Waals surface area contributed by atoms with E-state index in [-0.39, 0.29) is 42.4 Å². The topological polar surface area (TPSA) is 54.5 Å². The highest BCUT2D eigenvalue weighted by molar-refractivity contribution is 6.03. The van der Waals surface area contributed by atoms with Crippen molar-refractivity contribution in [2.45, 2.75) is 33.6 Å². The number of nitrogens with zero attached hydrogens (tertiary/aromatic N) is 1. The van der Waals surface area contributed by atoms with Gasteiger partial charge in [-0.1, -0.05) is 13.8 Å². The van der Waals surface area contributed by atoms with Gasteiger partial charge in [0.05, 0.1) is 0 Å². The van der Waals surface area contributed by atoms with Gasteiger partial charge in [-0.25, -0.2) is 0 Å². The Bertz CT molecular complexity index is 296. The van der Waals surface area contributed by atoms with Crippen LogP contribution in [0.4, 0.5) is 0 Å². The number of carbonyl (C=O) groups excluding carboxylic acids is 3. The zero-order valence-electron chi connectivity index (χ0n) is 9.45. The van der Waals surface area contributed by atoms with Crippen molar-refractivity contribution in [3.63, 3.8) is 0 Å². The number of amides is 2. The van der Waals surface area contributed by atoms with Crippen molar-refractivity contribution >= 4 is 17.6 Å². The van der Waals surface area contributed by atoms with E-state index in [1.165, 1.54) is 11.8 Å². The van der Waals surface area contributed by atoms with E-state index in [0.717, 1.165) is 0 Å². The van der Waals surface area contributed by atoms with Crippen LogP contribution in [-0.2, 0) is 14.4 Å². The molecule has 0 aromatic rings. The normalized spacial score (nSPS) is 21.6. The molecule has 1 atom stereocenters. The second-order valence-electron chi connectivity index (χ2n) is 4.39. The molecule has 0 aromatic heterocycles. The van der Waals surface area contributed by atoms with Gasteiger partial charge in [-0.2, -0.15) is 0 Å². The fraction of sp³-hybridized carbons (Fsp3) is 0.727. The van der Waals surface area contributed by atoms with E-state index in [1.54, 1.807) is 0 Å². The number of hydrogen-bond donors (Lipinski definition) is 0. The van der Waals surface area contributed by atoms with Gasteiger partial charge in [0, 0.05) is 25.3 Å². The molecule has 2 amide bonds. The van der Waals surface area contributed by atoms with Crippen molar-refractivity contribution in [2.75, 3.05) is 6.54 Å². The predicted molar refractivity (Wildman–Crippen MR) is 55.0 cm³/mol. The van der Waals surface area contributed by atoms with Crippen molar-refractivity contribution in [3.05, 3.63) is 0 Å². The summed E-state index contributed by atoms with van der Waals surface area (Å²) in [5.74, 6) is -0.256. The van der Waals surface area contributed by atoms with Crippen LogP contribution in [0, 0.1) is 11.8 Å². The van der Waals surface area contributed by atoms with Crippen LogP contribution >= 0.6 is 0 Å². The maximum absolute atomic E-state index is 11.8. The summed E-state index contributed by atoms with van der Waals surface area (Å²) in [7, 11) is 0. The van der Waals surface area contributed by atoms with Crippen molar-refractivity contribution in [3.8, 4) is 0 Å². The Morgan fingerprint density at radius 2 is 2.07 bits per heavy atom. The monoisotopic (exact) mass is 211 g/mol. The molecule has 0 aliphatic carbocycles. The Hall–Kier alpha value is -1.19. The lowest BCUT2D eigenvalue weighted by atomic mass is 9.94. The largest absolute Gasteiger partial charge is 0.300 e. The van der Waals surface area contributed by atoms with Gasteiger partial charge in [0.2, 0.25) is 11.8 Å². The zero-order valence-corrected chi connectivity index (χ0v) is 9.45. The van der Waals surface area contributed by atoms with Crippen LogP contribution < -0.4 is 0 Å². The minimum Gasteiger partial charge on any atom is -0.300 e. The summed E-state index contributed by atoms with van der Waals surface area (Å²) in [6.45, 7) is 5.58. The summed E-state index contributed by atoms with van der Waals surface area (Å²) >= 11 is 0. The molecule has 1 rings (SSSR count). The number of hydrogen-bond acceptors (Lipinski definition) is 3. The van der Waals surface area contributed by atoms with Gasteiger partial charge in [0.25, 0.3) is 0 Å². The minimum absolute atomic E-state index is 0.00333. The zero-order chi connectivity index (χ0) is 11.6. The number of Topliss-reactive ketones (excluding diaryl/α,β-unsaturated/α-hetero) is 1. The summed E-state index contributed by atoms with van der Waals surface area (Å²) in [6, 6.07) is 0. The van der Waals surface area contributed by atoms with Gasteiger partial charge < -0.3 is 0 Å². The quantitative estimate of drug-likeness (QED) is 0.652. The maximum Gasteiger partial charge on any atom is 0.233 e. The van der Waals surface area contributed by atoms with Gasteiger partial charge in [-0.3, -0.25) is 19.3 Å². The van der Waals surface area contributed by atoms with Crippen LogP contribution in [0.25, 0.3) is 0 Å². The van der Waals surface area contributed by atoms with Gasteiger partial charge in [-0.05, 0) is 12.8 Å². The molecule has 0 aromatic carbocycles. The first-order chi connectivity index (χ1) is 6.93. The summed E-state index contributed by atoms with van der Waals surface area (Å²) in [5, 5.41) is 0. The van der Waals surface area contributed by atoms with E-state index in [9.17, 15) is 14.4 Å². The number of imide groups is 1. The van der Waals surface area contributed by atoms with Crippen LogP contribution in [0.1, 0.15) is 33.6 Å². The molecule has 1 unspecified atom stereocenters. The maximum atomic E-state index is 11.8. The van der Waals surface area contributed by atoms with Gasteiger partial charge in [0.15, 0.2) is 0 Å². The molecule has 1 fully saturated rings. The predicted octanol–water partition coefficient (Wildman–Crippen LogP) is 0.997. The summed E-state index contributed by atoms with van der Waals surface area (Å²) in [6.07, 6.45) is 0.566.